The molecule has 2 aromatic carbocycles. The van der Waals surface area contributed by atoms with Crippen LogP contribution >= 0.6 is 0 Å². The number of rotatable bonds is 6. The SMILES string of the molecule is CNc1nc(C)c(CCN2CCC(=C(c3ccc(F)cc3)c3ccc(F)cc3)CC2)c(=O)n1C. The van der Waals surface area contributed by atoms with Crippen molar-refractivity contribution >= 4 is 11.5 Å². The van der Waals surface area contributed by atoms with Crippen LogP contribution in [0, 0.1) is 18.6 Å². The van der Waals surface area contributed by atoms with Gasteiger partial charge < -0.3 is 10.2 Å². The number of nitrogens with zero attached hydrogens (tertiary/aromatic N) is 3. The first kappa shape index (κ1) is 23.8. The van der Waals surface area contributed by atoms with Gasteiger partial charge in [0.05, 0.1) is 0 Å². The van der Waals surface area contributed by atoms with Gasteiger partial charge in [-0.2, -0.15) is 0 Å². The van der Waals surface area contributed by atoms with Crippen LogP contribution in [0.3, 0.4) is 0 Å². The van der Waals surface area contributed by atoms with Crippen molar-refractivity contribution in [3.8, 4) is 0 Å². The number of halogens is 2. The Morgan fingerprint density at radius 1 is 0.971 bits per heavy atom. The first-order chi connectivity index (χ1) is 16.4. The zero-order valence-electron chi connectivity index (χ0n) is 19.9. The molecule has 0 atom stereocenters. The molecule has 1 saturated heterocycles. The number of aryl methyl sites for hydroxylation is 1. The lowest BCUT2D eigenvalue weighted by molar-refractivity contribution is 0.259. The van der Waals surface area contributed by atoms with Crippen molar-refractivity contribution < 1.29 is 8.78 Å². The number of hydrogen-bond donors (Lipinski definition) is 1. The molecule has 1 aliphatic heterocycles. The fourth-order valence-corrected chi connectivity index (χ4v) is 4.64. The van der Waals surface area contributed by atoms with Crippen molar-refractivity contribution in [3.05, 3.63) is 98.5 Å². The second kappa shape index (κ2) is 10.3. The highest BCUT2D eigenvalue weighted by Gasteiger charge is 2.20. The molecule has 0 radical (unpaired) electrons. The average Bonchev–Trinajstić information content (AvgIpc) is 2.84. The molecule has 5 nitrogen and oxygen atoms in total. The van der Waals surface area contributed by atoms with Crippen LogP contribution in [0.25, 0.3) is 5.57 Å². The van der Waals surface area contributed by atoms with Crippen LogP contribution in [-0.2, 0) is 13.5 Å². The van der Waals surface area contributed by atoms with E-state index in [1.165, 1.54) is 29.8 Å². The monoisotopic (exact) mass is 464 g/mol. The van der Waals surface area contributed by atoms with E-state index in [-0.39, 0.29) is 17.2 Å². The summed E-state index contributed by atoms with van der Waals surface area (Å²) in [6.07, 6.45) is 2.37. The van der Waals surface area contributed by atoms with Gasteiger partial charge in [-0.15, -0.1) is 0 Å². The lowest BCUT2D eigenvalue weighted by Gasteiger charge is -2.30. The van der Waals surface area contributed by atoms with Crippen LogP contribution in [0.1, 0.15) is 35.2 Å². The molecule has 0 saturated carbocycles. The molecule has 0 bridgehead atoms. The van der Waals surface area contributed by atoms with E-state index in [1.807, 2.05) is 6.92 Å². The normalized spacial score (nSPS) is 14.3. The minimum Gasteiger partial charge on any atom is -0.359 e. The quantitative estimate of drug-likeness (QED) is 0.582. The van der Waals surface area contributed by atoms with E-state index < -0.39 is 0 Å². The third kappa shape index (κ3) is 5.09. The minimum absolute atomic E-state index is 0.00986. The van der Waals surface area contributed by atoms with Gasteiger partial charge in [-0.05, 0) is 67.2 Å². The zero-order chi connectivity index (χ0) is 24.2. The Morgan fingerprint density at radius 2 is 1.50 bits per heavy atom. The number of nitrogens with one attached hydrogen (secondary N) is 1. The Kier molecular flexibility index (Phi) is 7.22. The van der Waals surface area contributed by atoms with Crippen LogP contribution in [0.5, 0.6) is 0 Å². The molecule has 178 valence electrons. The Hall–Kier alpha value is -3.32. The van der Waals surface area contributed by atoms with Crippen LogP contribution in [-0.4, -0.2) is 41.1 Å². The maximum Gasteiger partial charge on any atom is 0.258 e. The fraction of sp³-hybridized carbons (Fsp3) is 0.333. The van der Waals surface area contributed by atoms with Crippen molar-refractivity contribution in [2.24, 2.45) is 7.05 Å². The van der Waals surface area contributed by atoms with Crippen LogP contribution in [0.4, 0.5) is 14.7 Å². The standard InChI is InChI=1S/C27H30F2N4O/c1-18-24(26(34)32(3)27(30-2)31-18)14-17-33-15-12-21(13-16-33)25(19-4-8-22(28)9-5-19)20-6-10-23(29)11-7-20/h4-11H,12-17H2,1-3H3,(H,30,31). The smallest absolute Gasteiger partial charge is 0.258 e. The summed E-state index contributed by atoms with van der Waals surface area (Å²) in [6.45, 7) is 4.39. The highest BCUT2D eigenvalue weighted by molar-refractivity contribution is 5.82. The second-order valence-corrected chi connectivity index (χ2v) is 8.70. The minimum atomic E-state index is -0.277. The number of piperidine rings is 1. The molecule has 1 N–H and O–H groups in total. The topological polar surface area (TPSA) is 50.2 Å². The van der Waals surface area contributed by atoms with Gasteiger partial charge in [-0.1, -0.05) is 29.8 Å². The van der Waals surface area contributed by atoms with Crippen molar-refractivity contribution in [3.63, 3.8) is 0 Å². The van der Waals surface area contributed by atoms with Gasteiger partial charge in [0.2, 0.25) is 5.95 Å². The lowest BCUT2D eigenvalue weighted by Crippen LogP contribution is -2.35. The molecule has 1 aliphatic rings. The fourth-order valence-electron chi connectivity index (χ4n) is 4.64. The van der Waals surface area contributed by atoms with Gasteiger partial charge in [-0.25, -0.2) is 13.8 Å². The van der Waals surface area contributed by atoms with Gasteiger partial charge in [0.15, 0.2) is 0 Å². The van der Waals surface area contributed by atoms with Crippen LogP contribution < -0.4 is 10.9 Å². The van der Waals surface area contributed by atoms with E-state index in [1.54, 1.807) is 42.9 Å². The molecular formula is C27H30F2N4O. The maximum atomic E-state index is 13.5. The van der Waals surface area contributed by atoms with E-state index in [2.05, 4.69) is 15.2 Å². The molecular weight excluding hydrogens is 434 g/mol. The van der Waals surface area contributed by atoms with Crippen molar-refractivity contribution in [1.82, 2.24) is 14.5 Å². The number of likely N-dealkylation sites (tertiary alicyclic amines) is 1. The van der Waals surface area contributed by atoms with Crippen molar-refractivity contribution in [1.29, 1.82) is 0 Å². The number of anilines is 1. The first-order valence-electron chi connectivity index (χ1n) is 11.6. The van der Waals surface area contributed by atoms with Crippen LogP contribution in [0.15, 0.2) is 58.9 Å². The Balaban J connectivity index is 1.52. The third-order valence-corrected chi connectivity index (χ3v) is 6.57. The van der Waals surface area contributed by atoms with Gasteiger partial charge >= 0.3 is 0 Å². The third-order valence-electron chi connectivity index (χ3n) is 6.57. The van der Waals surface area contributed by atoms with Gasteiger partial charge in [0.25, 0.3) is 5.56 Å². The molecule has 34 heavy (non-hydrogen) atoms. The van der Waals surface area contributed by atoms with Gasteiger partial charge in [-0.3, -0.25) is 9.36 Å². The summed E-state index contributed by atoms with van der Waals surface area (Å²) in [5.41, 5.74) is 5.71. The molecule has 1 fully saturated rings. The molecule has 2 heterocycles. The van der Waals surface area contributed by atoms with Crippen molar-refractivity contribution in [2.45, 2.75) is 26.2 Å². The number of aromatic nitrogens is 2. The molecule has 3 aromatic rings. The molecule has 0 aliphatic carbocycles. The Bertz CT molecular complexity index is 1190. The molecule has 0 spiro atoms. The first-order valence-corrected chi connectivity index (χ1v) is 11.6. The largest absolute Gasteiger partial charge is 0.359 e. The molecule has 0 unspecified atom stereocenters. The second-order valence-electron chi connectivity index (χ2n) is 8.70. The van der Waals surface area contributed by atoms with E-state index in [0.717, 1.165) is 60.4 Å². The van der Waals surface area contributed by atoms with Crippen LogP contribution in [0.2, 0.25) is 0 Å². The predicted octanol–water partition coefficient (Wildman–Crippen LogP) is 4.55. The Morgan fingerprint density at radius 3 is 2.00 bits per heavy atom. The number of hydrogen-bond acceptors (Lipinski definition) is 4. The van der Waals surface area contributed by atoms with E-state index in [0.29, 0.717) is 12.4 Å². The summed E-state index contributed by atoms with van der Waals surface area (Å²) in [5.74, 6) is 0.00882. The highest BCUT2D eigenvalue weighted by atomic mass is 19.1. The summed E-state index contributed by atoms with van der Waals surface area (Å²) in [5, 5.41) is 2.95. The summed E-state index contributed by atoms with van der Waals surface area (Å²) in [7, 11) is 3.49. The highest BCUT2D eigenvalue weighted by Crippen LogP contribution is 2.32. The maximum absolute atomic E-state index is 13.5. The predicted molar refractivity (Wildman–Crippen MR) is 132 cm³/mol. The van der Waals surface area contributed by atoms with E-state index >= 15 is 0 Å². The van der Waals surface area contributed by atoms with Gasteiger partial charge in [0.1, 0.15) is 11.6 Å². The summed E-state index contributed by atoms with van der Waals surface area (Å²) >= 11 is 0. The summed E-state index contributed by atoms with van der Waals surface area (Å²) in [6, 6.07) is 13.0. The molecule has 1 aromatic heterocycles. The average molecular weight is 465 g/mol. The summed E-state index contributed by atoms with van der Waals surface area (Å²) in [4.78, 5) is 19.6. The Labute approximate surface area is 198 Å². The molecule has 7 heteroatoms. The lowest BCUT2D eigenvalue weighted by atomic mass is 9.88. The molecule has 4 rings (SSSR count). The summed E-state index contributed by atoms with van der Waals surface area (Å²) < 4.78 is 28.6. The molecule has 0 amide bonds. The van der Waals surface area contributed by atoms with Crippen molar-refractivity contribution in [2.75, 3.05) is 32.0 Å². The van der Waals surface area contributed by atoms with Gasteiger partial charge in [0, 0.05) is 45.0 Å². The van der Waals surface area contributed by atoms with E-state index in [4.69, 9.17) is 0 Å². The zero-order valence-corrected chi connectivity index (χ0v) is 19.9. The van der Waals surface area contributed by atoms with E-state index in [9.17, 15) is 13.6 Å². The number of benzene rings is 2.